The first-order chi connectivity index (χ1) is 9.58. The van der Waals surface area contributed by atoms with Crippen molar-refractivity contribution in [3.8, 4) is 11.4 Å². The van der Waals surface area contributed by atoms with Crippen LogP contribution in [0.3, 0.4) is 0 Å². The molecule has 0 aliphatic carbocycles. The van der Waals surface area contributed by atoms with Crippen LogP contribution in [0.1, 0.15) is 0 Å². The van der Waals surface area contributed by atoms with Gasteiger partial charge in [-0.2, -0.15) is 0 Å². The van der Waals surface area contributed by atoms with Gasteiger partial charge in [-0.1, -0.05) is 23.2 Å². The van der Waals surface area contributed by atoms with Crippen LogP contribution in [-0.2, 0) is 7.05 Å². The quantitative estimate of drug-likeness (QED) is 0.648. The minimum absolute atomic E-state index is 0.174. The van der Waals surface area contributed by atoms with Crippen molar-refractivity contribution < 1.29 is 0 Å². The Morgan fingerprint density at radius 1 is 1.20 bits per heavy atom. The van der Waals surface area contributed by atoms with Crippen LogP contribution in [0.5, 0.6) is 0 Å². The fourth-order valence-corrected chi connectivity index (χ4v) is 2.41. The number of rotatable bonds is 1. The van der Waals surface area contributed by atoms with Crippen molar-refractivity contribution in [1.29, 1.82) is 0 Å². The second-order valence-electron chi connectivity index (χ2n) is 4.30. The molecular weight excluding hydrogens is 297 g/mol. The van der Waals surface area contributed by atoms with Crippen molar-refractivity contribution >= 4 is 34.1 Å². The summed E-state index contributed by atoms with van der Waals surface area (Å²) >= 11 is 12.0. The maximum atomic E-state index is 12.4. The number of nitrogens with zero attached hydrogens (tertiary/aromatic N) is 3. The van der Waals surface area contributed by atoms with Gasteiger partial charge in [0.25, 0.3) is 5.56 Å². The van der Waals surface area contributed by atoms with Gasteiger partial charge in [-0.25, -0.2) is 9.97 Å². The topological polar surface area (TPSA) is 47.8 Å². The number of hydrogen-bond donors (Lipinski definition) is 0. The third kappa shape index (κ3) is 2.07. The fourth-order valence-electron chi connectivity index (χ4n) is 2.04. The standard InChI is InChI=1S/C14H9Cl2N3O/c1-19-13(9-3-2-6-17-12(9)16)18-11-5-4-8(15)7-10(11)14(19)20/h2-7H,1H3. The third-order valence-electron chi connectivity index (χ3n) is 3.04. The summed E-state index contributed by atoms with van der Waals surface area (Å²) in [5, 5.41) is 1.29. The molecule has 3 rings (SSSR count). The summed E-state index contributed by atoms with van der Waals surface area (Å²) in [6.07, 6.45) is 1.59. The Kier molecular flexibility index (Phi) is 3.20. The monoisotopic (exact) mass is 305 g/mol. The molecule has 0 radical (unpaired) electrons. The summed E-state index contributed by atoms with van der Waals surface area (Å²) in [7, 11) is 1.65. The molecule has 0 atom stereocenters. The average molecular weight is 306 g/mol. The highest BCUT2D eigenvalue weighted by Crippen LogP contribution is 2.24. The van der Waals surface area contributed by atoms with Crippen LogP contribution in [0, 0.1) is 0 Å². The number of halogens is 2. The third-order valence-corrected chi connectivity index (χ3v) is 3.57. The lowest BCUT2D eigenvalue weighted by molar-refractivity contribution is 0.855. The molecule has 100 valence electrons. The molecule has 2 heterocycles. The molecule has 0 aliphatic heterocycles. The highest BCUT2D eigenvalue weighted by molar-refractivity contribution is 6.32. The van der Waals surface area contributed by atoms with Gasteiger partial charge in [-0.3, -0.25) is 9.36 Å². The van der Waals surface area contributed by atoms with E-state index in [1.807, 2.05) is 0 Å². The first kappa shape index (κ1) is 13.1. The van der Waals surface area contributed by atoms with Crippen molar-refractivity contribution in [3.05, 3.63) is 57.1 Å². The summed E-state index contributed by atoms with van der Waals surface area (Å²) in [4.78, 5) is 20.9. The minimum Gasteiger partial charge on any atom is -0.295 e. The van der Waals surface area contributed by atoms with Crippen molar-refractivity contribution in [3.63, 3.8) is 0 Å². The Labute approximate surface area is 124 Å². The molecule has 1 aromatic carbocycles. The molecule has 0 unspecified atom stereocenters. The van der Waals surface area contributed by atoms with E-state index >= 15 is 0 Å². The first-order valence-electron chi connectivity index (χ1n) is 5.85. The predicted octanol–water partition coefficient (Wildman–Crippen LogP) is 3.30. The number of pyridine rings is 1. The maximum Gasteiger partial charge on any atom is 0.261 e. The van der Waals surface area contributed by atoms with Crippen molar-refractivity contribution in [2.45, 2.75) is 0 Å². The van der Waals surface area contributed by atoms with Gasteiger partial charge in [0.1, 0.15) is 11.0 Å². The second-order valence-corrected chi connectivity index (χ2v) is 5.10. The Bertz CT molecular complexity index is 874. The van der Waals surface area contributed by atoms with Crippen LogP contribution in [0.2, 0.25) is 10.2 Å². The van der Waals surface area contributed by atoms with E-state index in [1.165, 1.54) is 4.57 Å². The molecule has 0 saturated carbocycles. The van der Waals surface area contributed by atoms with Gasteiger partial charge in [-0.15, -0.1) is 0 Å². The molecule has 0 spiro atoms. The van der Waals surface area contributed by atoms with Gasteiger partial charge >= 0.3 is 0 Å². The molecule has 0 amide bonds. The van der Waals surface area contributed by atoms with E-state index in [-0.39, 0.29) is 5.56 Å². The summed E-state index contributed by atoms with van der Waals surface area (Å²) in [6.45, 7) is 0. The largest absolute Gasteiger partial charge is 0.295 e. The van der Waals surface area contributed by atoms with Crippen LogP contribution >= 0.6 is 23.2 Å². The lowest BCUT2D eigenvalue weighted by atomic mass is 10.2. The van der Waals surface area contributed by atoms with Crippen LogP contribution in [0.25, 0.3) is 22.3 Å². The summed E-state index contributed by atoms with van der Waals surface area (Å²) in [6, 6.07) is 8.55. The molecule has 0 fully saturated rings. The molecule has 2 aromatic heterocycles. The Balaban J connectivity index is 2.39. The van der Waals surface area contributed by atoms with Crippen LogP contribution in [0.4, 0.5) is 0 Å². The molecule has 4 nitrogen and oxygen atoms in total. The Hall–Kier alpha value is -1.91. The molecule has 6 heteroatoms. The number of benzene rings is 1. The van der Waals surface area contributed by atoms with Crippen molar-refractivity contribution in [2.75, 3.05) is 0 Å². The van der Waals surface area contributed by atoms with E-state index in [4.69, 9.17) is 23.2 Å². The normalized spacial score (nSPS) is 10.9. The SMILES string of the molecule is Cn1c(-c2cccnc2Cl)nc2ccc(Cl)cc2c1=O. The van der Waals surface area contributed by atoms with Gasteiger partial charge < -0.3 is 0 Å². The molecule has 3 aromatic rings. The summed E-state index contributed by atoms with van der Waals surface area (Å²) in [5.74, 6) is 0.475. The van der Waals surface area contributed by atoms with E-state index in [0.29, 0.717) is 32.5 Å². The van der Waals surface area contributed by atoms with Crippen molar-refractivity contribution in [1.82, 2.24) is 14.5 Å². The van der Waals surface area contributed by atoms with E-state index in [2.05, 4.69) is 9.97 Å². The molecule has 0 aliphatic rings. The van der Waals surface area contributed by atoms with Crippen LogP contribution < -0.4 is 5.56 Å². The minimum atomic E-state index is -0.174. The highest BCUT2D eigenvalue weighted by Gasteiger charge is 2.13. The Morgan fingerprint density at radius 2 is 2.00 bits per heavy atom. The maximum absolute atomic E-state index is 12.4. The predicted molar refractivity (Wildman–Crippen MR) is 80.2 cm³/mol. The lowest BCUT2D eigenvalue weighted by Crippen LogP contribution is -2.20. The van der Waals surface area contributed by atoms with E-state index in [0.717, 1.165) is 0 Å². The first-order valence-corrected chi connectivity index (χ1v) is 6.60. The number of hydrogen-bond acceptors (Lipinski definition) is 3. The van der Waals surface area contributed by atoms with Gasteiger partial charge in [0.15, 0.2) is 0 Å². The zero-order valence-corrected chi connectivity index (χ0v) is 12.0. The molecular formula is C14H9Cl2N3O. The Morgan fingerprint density at radius 3 is 2.75 bits per heavy atom. The van der Waals surface area contributed by atoms with Gasteiger partial charge in [0.2, 0.25) is 0 Å². The summed E-state index contributed by atoms with van der Waals surface area (Å²) < 4.78 is 1.45. The summed E-state index contributed by atoms with van der Waals surface area (Å²) in [5.41, 5.74) is 1.02. The molecule has 0 saturated heterocycles. The average Bonchev–Trinajstić information content (AvgIpc) is 2.44. The lowest BCUT2D eigenvalue weighted by Gasteiger charge is -2.10. The second kappa shape index (κ2) is 4.89. The van der Waals surface area contributed by atoms with Gasteiger partial charge in [-0.05, 0) is 30.3 Å². The van der Waals surface area contributed by atoms with Crippen LogP contribution in [0.15, 0.2) is 41.3 Å². The van der Waals surface area contributed by atoms with Crippen LogP contribution in [-0.4, -0.2) is 14.5 Å². The highest BCUT2D eigenvalue weighted by atomic mass is 35.5. The zero-order chi connectivity index (χ0) is 14.3. The van der Waals surface area contributed by atoms with Crippen molar-refractivity contribution in [2.24, 2.45) is 7.05 Å². The van der Waals surface area contributed by atoms with Gasteiger partial charge in [0.05, 0.1) is 16.5 Å². The molecule has 0 bridgehead atoms. The van der Waals surface area contributed by atoms with E-state index in [1.54, 1.807) is 43.6 Å². The van der Waals surface area contributed by atoms with E-state index < -0.39 is 0 Å². The fraction of sp³-hybridized carbons (Fsp3) is 0.0714. The van der Waals surface area contributed by atoms with Gasteiger partial charge in [0, 0.05) is 18.3 Å². The smallest absolute Gasteiger partial charge is 0.261 e. The molecule has 0 N–H and O–H groups in total. The molecule has 20 heavy (non-hydrogen) atoms. The van der Waals surface area contributed by atoms with E-state index in [9.17, 15) is 4.79 Å². The zero-order valence-electron chi connectivity index (χ0n) is 10.5. The number of aromatic nitrogens is 3. The number of fused-ring (bicyclic) bond motifs is 1.